The zero-order valence-corrected chi connectivity index (χ0v) is 12.4. The van der Waals surface area contributed by atoms with Crippen molar-refractivity contribution in [3.05, 3.63) is 0 Å². The monoisotopic (exact) mass is 243 g/mol. The number of unbranched alkanes of at least 4 members (excludes halogenated alkanes) is 3. The lowest BCUT2D eigenvalue weighted by molar-refractivity contribution is 0.215. The van der Waals surface area contributed by atoms with Gasteiger partial charge in [-0.2, -0.15) is 0 Å². The van der Waals surface area contributed by atoms with Crippen molar-refractivity contribution < 1.29 is 0 Å². The first-order chi connectivity index (χ1) is 8.06. The van der Waals surface area contributed by atoms with Crippen LogP contribution in [0.3, 0.4) is 0 Å². The van der Waals surface area contributed by atoms with Gasteiger partial charge >= 0.3 is 0 Å². The van der Waals surface area contributed by atoms with Crippen molar-refractivity contribution in [3.63, 3.8) is 0 Å². The van der Waals surface area contributed by atoms with Crippen LogP contribution in [0.1, 0.15) is 39.5 Å². The fourth-order valence-corrected chi connectivity index (χ4v) is 1.99. The fourth-order valence-electron chi connectivity index (χ4n) is 1.99. The Kier molecular flexibility index (Phi) is 10.9. The molecule has 0 aliphatic heterocycles. The highest BCUT2D eigenvalue weighted by Gasteiger charge is 2.07. The molecule has 0 aliphatic carbocycles. The third-order valence-electron chi connectivity index (χ3n) is 2.92. The zero-order chi connectivity index (χ0) is 13.1. The van der Waals surface area contributed by atoms with Gasteiger partial charge in [0.1, 0.15) is 0 Å². The number of rotatable bonds is 11. The summed E-state index contributed by atoms with van der Waals surface area (Å²) in [7, 11) is 4.30. The van der Waals surface area contributed by atoms with Crippen LogP contribution in [0.2, 0.25) is 0 Å². The number of nitrogens with two attached hydrogens (primary N) is 1. The molecule has 0 fully saturated rings. The maximum Gasteiger partial charge on any atom is 0.0109 e. The Morgan fingerprint density at radius 1 is 0.882 bits per heavy atom. The highest BCUT2D eigenvalue weighted by atomic mass is 15.2. The van der Waals surface area contributed by atoms with Crippen molar-refractivity contribution in [2.75, 3.05) is 46.8 Å². The Morgan fingerprint density at radius 3 is 2.06 bits per heavy atom. The summed E-state index contributed by atoms with van der Waals surface area (Å²) in [5.74, 6) is 0.765. The summed E-state index contributed by atoms with van der Waals surface area (Å²) in [6.45, 7) is 10.3. The van der Waals surface area contributed by atoms with E-state index in [-0.39, 0.29) is 0 Å². The zero-order valence-electron chi connectivity index (χ0n) is 12.4. The first-order valence-electron chi connectivity index (χ1n) is 7.13. The molecule has 0 rings (SSSR count). The average molecular weight is 243 g/mol. The second-order valence-corrected chi connectivity index (χ2v) is 5.70. The van der Waals surface area contributed by atoms with Crippen molar-refractivity contribution in [3.8, 4) is 0 Å². The molecule has 0 heterocycles. The topological polar surface area (TPSA) is 32.5 Å². The van der Waals surface area contributed by atoms with E-state index in [1.54, 1.807) is 0 Å². The van der Waals surface area contributed by atoms with Gasteiger partial charge < -0.3 is 15.5 Å². The van der Waals surface area contributed by atoms with Gasteiger partial charge in [0.2, 0.25) is 0 Å². The van der Waals surface area contributed by atoms with E-state index in [0.29, 0.717) is 0 Å². The molecule has 0 saturated heterocycles. The van der Waals surface area contributed by atoms with Gasteiger partial charge in [0.15, 0.2) is 0 Å². The number of likely N-dealkylation sites (N-methyl/N-ethyl adjacent to an activating group) is 1. The van der Waals surface area contributed by atoms with E-state index in [9.17, 15) is 0 Å². The van der Waals surface area contributed by atoms with E-state index in [1.807, 2.05) is 0 Å². The molecule has 104 valence electrons. The smallest absolute Gasteiger partial charge is 0.0109 e. The highest BCUT2D eigenvalue weighted by Crippen LogP contribution is 2.04. The Balaban J connectivity index is 3.69. The summed E-state index contributed by atoms with van der Waals surface area (Å²) in [5.41, 5.74) is 5.50. The molecule has 3 heteroatoms. The minimum absolute atomic E-state index is 0.765. The van der Waals surface area contributed by atoms with E-state index in [0.717, 1.165) is 19.0 Å². The van der Waals surface area contributed by atoms with Crippen molar-refractivity contribution in [1.82, 2.24) is 9.80 Å². The van der Waals surface area contributed by atoms with Gasteiger partial charge in [-0.25, -0.2) is 0 Å². The van der Waals surface area contributed by atoms with Crippen LogP contribution in [-0.2, 0) is 0 Å². The second-order valence-electron chi connectivity index (χ2n) is 5.70. The Morgan fingerprint density at radius 2 is 1.53 bits per heavy atom. The molecule has 3 nitrogen and oxygen atoms in total. The summed E-state index contributed by atoms with van der Waals surface area (Å²) in [6.07, 6.45) is 5.12. The van der Waals surface area contributed by atoms with Crippen LogP contribution in [-0.4, -0.2) is 56.6 Å². The third kappa shape index (κ3) is 12.1. The van der Waals surface area contributed by atoms with Crippen LogP contribution in [0.5, 0.6) is 0 Å². The maximum absolute atomic E-state index is 5.50. The van der Waals surface area contributed by atoms with Gasteiger partial charge in [-0.05, 0) is 45.9 Å². The van der Waals surface area contributed by atoms with E-state index < -0.39 is 0 Å². The quantitative estimate of drug-likeness (QED) is 0.564. The SMILES string of the molecule is CC(C)CN(CCCCCCN)CCN(C)C. The molecule has 0 aliphatic rings. The molecule has 0 radical (unpaired) electrons. The van der Waals surface area contributed by atoms with Crippen LogP contribution >= 0.6 is 0 Å². The van der Waals surface area contributed by atoms with Gasteiger partial charge in [-0.3, -0.25) is 0 Å². The van der Waals surface area contributed by atoms with Crippen molar-refractivity contribution in [1.29, 1.82) is 0 Å². The van der Waals surface area contributed by atoms with Crippen LogP contribution in [0.25, 0.3) is 0 Å². The van der Waals surface area contributed by atoms with Crippen molar-refractivity contribution in [2.24, 2.45) is 11.7 Å². The van der Waals surface area contributed by atoms with Gasteiger partial charge in [0, 0.05) is 19.6 Å². The lowest BCUT2D eigenvalue weighted by atomic mass is 10.1. The summed E-state index contributed by atoms with van der Waals surface area (Å²) in [5, 5.41) is 0. The maximum atomic E-state index is 5.50. The first kappa shape index (κ1) is 16.9. The molecule has 17 heavy (non-hydrogen) atoms. The predicted molar refractivity (Wildman–Crippen MR) is 77.4 cm³/mol. The molecule has 0 unspecified atom stereocenters. The van der Waals surface area contributed by atoms with Gasteiger partial charge in [-0.1, -0.05) is 26.7 Å². The van der Waals surface area contributed by atoms with Gasteiger partial charge in [0.25, 0.3) is 0 Å². The molecule has 0 aromatic rings. The largest absolute Gasteiger partial charge is 0.330 e. The molecule has 0 bridgehead atoms. The molecule has 0 spiro atoms. The van der Waals surface area contributed by atoms with Crippen molar-refractivity contribution in [2.45, 2.75) is 39.5 Å². The first-order valence-corrected chi connectivity index (χ1v) is 7.13. The summed E-state index contributed by atoms with van der Waals surface area (Å²) < 4.78 is 0. The average Bonchev–Trinajstić information content (AvgIpc) is 2.24. The molecule has 0 aromatic heterocycles. The van der Waals surface area contributed by atoms with Gasteiger partial charge in [0.05, 0.1) is 0 Å². The lowest BCUT2D eigenvalue weighted by Crippen LogP contribution is -2.35. The molecule has 2 N–H and O–H groups in total. The standard InChI is InChI=1S/C14H33N3/c1-14(2)13-17(12-11-16(3)4)10-8-6-5-7-9-15/h14H,5-13,15H2,1-4H3. The minimum atomic E-state index is 0.765. The van der Waals surface area contributed by atoms with Crippen LogP contribution in [0.15, 0.2) is 0 Å². The molecule has 0 aromatic carbocycles. The normalized spacial score (nSPS) is 12.0. The minimum Gasteiger partial charge on any atom is -0.330 e. The Bertz CT molecular complexity index is 158. The molecule has 0 saturated carbocycles. The van der Waals surface area contributed by atoms with E-state index in [1.165, 1.54) is 45.3 Å². The van der Waals surface area contributed by atoms with Crippen LogP contribution in [0, 0.1) is 5.92 Å². The van der Waals surface area contributed by atoms with Crippen LogP contribution in [0.4, 0.5) is 0 Å². The third-order valence-corrected chi connectivity index (χ3v) is 2.92. The van der Waals surface area contributed by atoms with E-state index in [2.05, 4.69) is 37.7 Å². The van der Waals surface area contributed by atoms with Crippen molar-refractivity contribution >= 4 is 0 Å². The number of nitrogens with zero attached hydrogens (tertiary/aromatic N) is 2. The van der Waals surface area contributed by atoms with Gasteiger partial charge in [-0.15, -0.1) is 0 Å². The van der Waals surface area contributed by atoms with Crippen LogP contribution < -0.4 is 5.73 Å². The molecular formula is C14H33N3. The second kappa shape index (κ2) is 11.0. The number of hydrogen-bond donors (Lipinski definition) is 1. The Hall–Kier alpha value is -0.120. The highest BCUT2D eigenvalue weighted by molar-refractivity contribution is 4.62. The Labute approximate surface area is 108 Å². The van der Waals surface area contributed by atoms with E-state index >= 15 is 0 Å². The lowest BCUT2D eigenvalue weighted by Gasteiger charge is -2.25. The predicted octanol–water partition coefficient (Wildman–Crippen LogP) is 2.03. The fraction of sp³-hybridized carbons (Fsp3) is 1.00. The van der Waals surface area contributed by atoms with E-state index in [4.69, 9.17) is 5.73 Å². The molecule has 0 atom stereocenters. The molecular weight excluding hydrogens is 210 g/mol. The summed E-state index contributed by atoms with van der Waals surface area (Å²) >= 11 is 0. The summed E-state index contributed by atoms with van der Waals surface area (Å²) in [6, 6.07) is 0. The summed E-state index contributed by atoms with van der Waals surface area (Å²) in [4.78, 5) is 4.87. The number of hydrogen-bond acceptors (Lipinski definition) is 3. The molecule has 0 amide bonds.